The molecule has 3 rings (SSSR count). The maximum absolute atomic E-state index is 2.34. The summed E-state index contributed by atoms with van der Waals surface area (Å²) in [6.45, 7) is 4.39. The summed E-state index contributed by atoms with van der Waals surface area (Å²) in [7, 11) is 0. The average Bonchev–Trinajstić information content (AvgIpc) is 2.48. The Balaban J connectivity index is 2.18. The summed E-state index contributed by atoms with van der Waals surface area (Å²) in [5, 5.41) is 0. The van der Waals surface area contributed by atoms with Gasteiger partial charge in [0.15, 0.2) is 0 Å². The molecule has 0 radical (unpaired) electrons. The van der Waals surface area contributed by atoms with Gasteiger partial charge in [-0.1, -0.05) is 79.8 Å². The Bertz CT molecular complexity index is 676. The van der Waals surface area contributed by atoms with E-state index >= 15 is 0 Å². The van der Waals surface area contributed by atoms with E-state index in [1.165, 1.54) is 22.3 Å². The quantitative estimate of drug-likeness (QED) is 0.643. The summed E-state index contributed by atoms with van der Waals surface area (Å²) < 4.78 is 0. The smallest absolute Gasteiger partial charge is 0.0153 e. The van der Waals surface area contributed by atoms with Gasteiger partial charge in [0.2, 0.25) is 0 Å². The summed E-state index contributed by atoms with van der Waals surface area (Å²) >= 11 is 0. The van der Waals surface area contributed by atoms with Crippen LogP contribution in [0.5, 0.6) is 0 Å². The molecule has 0 saturated heterocycles. The number of rotatable bonds is 2. The maximum Gasteiger partial charge on any atom is 0.0153 e. The van der Waals surface area contributed by atoms with Crippen LogP contribution in [0.25, 0.3) is 11.1 Å². The summed E-state index contributed by atoms with van der Waals surface area (Å²) in [5.74, 6) is 0. The highest BCUT2D eigenvalue weighted by Gasteiger charge is 2.31. The van der Waals surface area contributed by atoms with E-state index in [1.54, 1.807) is 0 Å². The van der Waals surface area contributed by atoms with Gasteiger partial charge < -0.3 is 0 Å². The van der Waals surface area contributed by atoms with Crippen LogP contribution in [0.4, 0.5) is 0 Å². The van der Waals surface area contributed by atoms with Gasteiger partial charge in [0.25, 0.3) is 0 Å². The first-order chi connectivity index (χ1) is 9.74. The van der Waals surface area contributed by atoms with Crippen LogP contribution >= 0.6 is 0 Å². The van der Waals surface area contributed by atoms with Crippen molar-refractivity contribution in [2.75, 3.05) is 0 Å². The number of benzene rings is 2. The Hall–Kier alpha value is -2.08. The van der Waals surface area contributed by atoms with Crippen LogP contribution in [-0.2, 0) is 11.8 Å². The van der Waals surface area contributed by atoms with E-state index in [9.17, 15) is 0 Å². The topological polar surface area (TPSA) is 0 Å². The summed E-state index contributed by atoms with van der Waals surface area (Å²) in [6.07, 6.45) is 9.75. The van der Waals surface area contributed by atoms with Gasteiger partial charge in [0, 0.05) is 5.41 Å². The third kappa shape index (κ3) is 2.12. The van der Waals surface area contributed by atoms with Crippen LogP contribution < -0.4 is 0 Å². The highest BCUT2D eigenvalue weighted by Crippen LogP contribution is 2.43. The normalized spacial score (nSPS) is 21.1. The second-order valence-corrected chi connectivity index (χ2v) is 5.68. The Labute approximate surface area is 121 Å². The predicted octanol–water partition coefficient (Wildman–Crippen LogP) is 5.30. The van der Waals surface area contributed by atoms with E-state index in [-0.39, 0.29) is 5.41 Å². The van der Waals surface area contributed by atoms with Crippen LogP contribution in [0.2, 0.25) is 0 Å². The lowest BCUT2D eigenvalue weighted by Crippen LogP contribution is -2.26. The molecule has 0 spiro atoms. The van der Waals surface area contributed by atoms with Gasteiger partial charge in [0.1, 0.15) is 0 Å². The molecule has 1 unspecified atom stereocenters. The van der Waals surface area contributed by atoms with Crippen LogP contribution in [0, 0.1) is 0 Å². The first-order valence-corrected chi connectivity index (χ1v) is 7.23. The van der Waals surface area contributed by atoms with E-state index in [1.807, 2.05) is 0 Å². The van der Waals surface area contributed by atoms with E-state index in [4.69, 9.17) is 0 Å². The van der Waals surface area contributed by atoms with Crippen molar-refractivity contribution in [3.8, 4) is 11.1 Å². The zero-order chi connectivity index (χ0) is 14.0. The van der Waals surface area contributed by atoms with Crippen molar-refractivity contribution in [1.82, 2.24) is 0 Å². The molecule has 0 fully saturated rings. The van der Waals surface area contributed by atoms with Crippen molar-refractivity contribution >= 4 is 0 Å². The molecule has 20 heavy (non-hydrogen) atoms. The number of allylic oxidation sites excluding steroid dienone is 4. The Morgan fingerprint density at radius 3 is 2.40 bits per heavy atom. The van der Waals surface area contributed by atoms with Gasteiger partial charge in [-0.2, -0.15) is 0 Å². The summed E-state index contributed by atoms with van der Waals surface area (Å²) in [4.78, 5) is 0. The van der Waals surface area contributed by atoms with Gasteiger partial charge in [-0.15, -0.1) is 0 Å². The molecule has 1 aliphatic carbocycles. The SMILES string of the molecule is C/C=C\C=C/C1(C)Cc2ccccc2-c2ccccc21. The van der Waals surface area contributed by atoms with Gasteiger partial charge in [-0.3, -0.25) is 0 Å². The molecule has 0 aromatic heterocycles. The fourth-order valence-electron chi connectivity index (χ4n) is 3.17. The standard InChI is InChI=1S/C20H20/c1-3-4-9-14-20(2)15-16-10-5-6-11-17(16)18-12-7-8-13-19(18)20/h3-14H,15H2,1-2H3/b4-3-,14-9-. The molecule has 100 valence electrons. The highest BCUT2D eigenvalue weighted by atomic mass is 14.3. The second-order valence-electron chi connectivity index (χ2n) is 5.68. The van der Waals surface area contributed by atoms with Crippen LogP contribution in [-0.4, -0.2) is 0 Å². The van der Waals surface area contributed by atoms with Crippen LogP contribution in [0.1, 0.15) is 25.0 Å². The summed E-state index contributed by atoms with van der Waals surface area (Å²) in [6, 6.07) is 17.6. The van der Waals surface area contributed by atoms with E-state index in [0.717, 1.165) is 6.42 Å². The molecule has 1 atom stereocenters. The molecular weight excluding hydrogens is 240 g/mol. The first-order valence-electron chi connectivity index (χ1n) is 7.23. The lowest BCUT2D eigenvalue weighted by atomic mass is 9.69. The molecular formula is C20H20. The molecule has 0 saturated carbocycles. The minimum atomic E-state index is 0.0739. The van der Waals surface area contributed by atoms with Gasteiger partial charge in [-0.05, 0) is 35.6 Å². The number of fused-ring (bicyclic) bond motifs is 3. The molecule has 0 aliphatic heterocycles. The largest absolute Gasteiger partial charge is 0.0877 e. The fraction of sp³-hybridized carbons (Fsp3) is 0.200. The van der Waals surface area contributed by atoms with Crippen molar-refractivity contribution in [2.45, 2.75) is 25.7 Å². The molecule has 1 aliphatic rings. The van der Waals surface area contributed by atoms with Crippen molar-refractivity contribution < 1.29 is 0 Å². The third-order valence-corrected chi connectivity index (χ3v) is 4.18. The van der Waals surface area contributed by atoms with Crippen molar-refractivity contribution in [3.63, 3.8) is 0 Å². The minimum Gasteiger partial charge on any atom is -0.0877 e. The lowest BCUT2D eigenvalue weighted by molar-refractivity contribution is 0.585. The van der Waals surface area contributed by atoms with E-state index in [2.05, 4.69) is 86.7 Å². The first kappa shape index (κ1) is 12.9. The molecule has 2 aromatic carbocycles. The van der Waals surface area contributed by atoms with Gasteiger partial charge in [-0.25, -0.2) is 0 Å². The highest BCUT2D eigenvalue weighted by molar-refractivity contribution is 5.75. The van der Waals surface area contributed by atoms with Crippen molar-refractivity contribution in [2.24, 2.45) is 0 Å². The third-order valence-electron chi connectivity index (χ3n) is 4.18. The van der Waals surface area contributed by atoms with Crippen molar-refractivity contribution in [3.05, 3.63) is 84.0 Å². The Morgan fingerprint density at radius 2 is 1.60 bits per heavy atom. The van der Waals surface area contributed by atoms with Crippen LogP contribution in [0.3, 0.4) is 0 Å². The Kier molecular flexibility index (Phi) is 3.31. The fourth-order valence-corrected chi connectivity index (χ4v) is 3.17. The summed E-state index contributed by atoms with van der Waals surface area (Å²) in [5.41, 5.74) is 5.71. The monoisotopic (exact) mass is 260 g/mol. The molecule has 0 amide bonds. The predicted molar refractivity (Wildman–Crippen MR) is 86.9 cm³/mol. The maximum atomic E-state index is 2.34. The van der Waals surface area contributed by atoms with Gasteiger partial charge in [0.05, 0.1) is 0 Å². The average molecular weight is 260 g/mol. The van der Waals surface area contributed by atoms with Crippen molar-refractivity contribution in [1.29, 1.82) is 0 Å². The van der Waals surface area contributed by atoms with Crippen LogP contribution in [0.15, 0.2) is 72.8 Å². The van der Waals surface area contributed by atoms with Gasteiger partial charge >= 0.3 is 0 Å². The zero-order valence-electron chi connectivity index (χ0n) is 12.1. The van der Waals surface area contributed by atoms with E-state index < -0.39 is 0 Å². The minimum absolute atomic E-state index is 0.0739. The number of hydrogen-bond donors (Lipinski definition) is 0. The second kappa shape index (κ2) is 5.13. The lowest BCUT2D eigenvalue weighted by Gasteiger charge is -2.35. The van der Waals surface area contributed by atoms with E-state index in [0.29, 0.717) is 0 Å². The Morgan fingerprint density at radius 1 is 0.900 bits per heavy atom. The molecule has 0 bridgehead atoms. The molecule has 0 nitrogen and oxygen atoms in total. The number of hydrogen-bond acceptors (Lipinski definition) is 0. The molecule has 0 heteroatoms. The zero-order valence-corrected chi connectivity index (χ0v) is 12.1. The molecule has 0 N–H and O–H groups in total. The molecule has 0 heterocycles. The molecule has 2 aromatic rings.